The van der Waals surface area contributed by atoms with Gasteiger partial charge in [0.25, 0.3) is 9.70 Å². The first-order valence-electron chi connectivity index (χ1n) is 2.51. The van der Waals surface area contributed by atoms with E-state index in [4.69, 9.17) is 45.1 Å². The summed E-state index contributed by atoms with van der Waals surface area (Å²) in [5.41, 5.74) is -3.30. The number of hydrogen-bond donors (Lipinski definition) is 3. The molecule has 0 unspecified atom stereocenters. The fourth-order valence-corrected chi connectivity index (χ4v) is 2.59. The highest BCUT2D eigenvalue weighted by atomic mass is 35.6. The number of carbonyl (C=O) groups is 1. The van der Waals surface area contributed by atoms with Crippen molar-refractivity contribution in [3.05, 3.63) is 0 Å². The van der Waals surface area contributed by atoms with Gasteiger partial charge in [0.05, 0.1) is 0 Å². The van der Waals surface area contributed by atoms with Crippen LogP contribution in [0, 0.1) is 0 Å². The van der Waals surface area contributed by atoms with Gasteiger partial charge in [-0.25, -0.2) is 0 Å². The molecule has 5 N–H and O–H groups in total. The quantitative estimate of drug-likeness (QED) is 0.418. The summed E-state index contributed by atoms with van der Waals surface area (Å²) in [6.45, 7) is 0. The summed E-state index contributed by atoms with van der Waals surface area (Å²) in [6.07, 6.45) is 0. The molecule has 0 rings (SSSR count). The van der Waals surface area contributed by atoms with Crippen LogP contribution in [0.2, 0.25) is 0 Å². The van der Waals surface area contributed by atoms with Crippen LogP contribution >= 0.6 is 63.6 Å². The average Bonchev–Trinajstić information content (AvgIpc) is 2.02. The number of nitrogens with two attached hydrogens (primary N) is 2. The van der Waals surface area contributed by atoms with E-state index in [0.717, 1.165) is 0 Å². The van der Waals surface area contributed by atoms with Crippen molar-refractivity contribution >= 4 is 69.5 Å². The maximum absolute atomic E-state index is 11.4. The van der Waals surface area contributed by atoms with E-state index in [2.05, 4.69) is 0 Å². The zero-order valence-corrected chi connectivity index (χ0v) is 10.7. The van der Waals surface area contributed by atoms with Crippen LogP contribution in [0.3, 0.4) is 0 Å². The Hall–Kier alpha value is 1.19. The summed E-state index contributed by atoms with van der Waals surface area (Å²) in [5, 5.41) is 12.0. The van der Waals surface area contributed by atoms with Gasteiger partial charge in [-0.05, 0) is 0 Å². The molecule has 0 aliphatic carbocycles. The highest BCUT2D eigenvalue weighted by molar-refractivity contribution is 8.89. The Labute approximate surface area is 97.8 Å². The normalized spacial score (nSPS) is 12.7. The Bertz CT molecular complexity index is 237. The number of carbonyl (C=O) groups excluding carboxylic acids is 1. The molecular weight excluding hydrogens is 300 g/mol. The molecule has 5 nitrogen and oxygen atoms in total. The van der Waals surface area contributed by atoms with Gasteiger partial charge in [-0.2, -0.15) is 0 Å². The Kier molecular flexibility index (Phi) is 5.81. The molecule has 0 heterocycles. The first-order chi connectivity index (χ1) is 5.75. The topological polar surface area (TPSA) is 98.2 Å². The van der Waals surface area contributed by atoms with Crippen LogP contribution in [-0.2, 0) is 9.36 Å². The molecular formula is C2H5Cl3N3O2PS2. The maximum atomic E-state index is 11.4. The van der Waals surface area contributed by atoms with E-state index in [0.29, 0.717) is 23.1 Å². The number of halogens is 3. The lowest BCUT2D eigenvalue weighted by molar-refractivity contribution is -0.118. The number of hydrogen-bond acceptors (Lipinski definition) is 6. The molecule has 0 radical (unpaired) electrons. The zero-order chi connectivity index (χ0) is 10.7. The minimum atomic E-state index is -3.30. The highest BCUT2D eigenvalue weighted by Crippen LogP contribution is 2.60. The third kappa shape index (κ3) is 4.99. The summed E-state index contributed by atoms with van der Waals surface area (Å²) < 4.78 is 9.20. The molecule has 0 aromatic carbocycles. The van der Waals surface area contributed by atoms with Crippen LogP contribution in [0.1, 0.15) is 0 Å². The molecule has 0 atom stereocenters. The molecule has 0 aromatic heterocycles. The minimum Gasteiger partial charge on any atom is -0.285 e. The van der Waals surface area contributed by atoms with Gasteiger partial charge in [0.2, 0.25) is 0 Å². The van der Waals surface area contributed by atoms with Gasteiger partial charge in [-0.3, -0.25) is 24.7 Å². The minimum absolute atomic E-state index is 0.402. The fraction of sp³-hybridized carbons (Fsp3) is 0.500. The van der Waals surface area contributed by atoms with Crippen LogP contribution in [0.5, 0.6) is 0 Å². The Morgan fingerprint density at radius 3 is 1.92 bits per heavy atom. The van der Waals surface area contributed by atoms with Crippen LogP contribution in [-0.4, -0.2) is 9.70 Å². The van der Waals surface area contributed by atoms with E-state index in [1.165, 1.54) is 0 Å². The van der Waals surface area contributed by atoms with E-state index in [1.807, 2.05) is 5.09 Å². The van der Waals surface area contributed by atoms with Crippen LogP contribution < -0.4 is 15.4 Å². The van der Waals surface area contributed by atoms with Gasteiger partial charge in [0, 0.05) is 23.1 Å². The summed E-state index contributed by atoms with van der Waals surface area (Å²) in [7, 11) is 0. The molecule has 0 fully saturated rings. The number of nitrogens with one attached hydrogen (secondary N) is 1. The average molecular weight is 305 g/mol. The predicted molar refractivity (Wildman–Crippen MR) is 59.6 cm³/mol. The Balaban J connectivity index is 4.45. The van der Waals surface area contributed by atoms with Gasteiger partial charge >= 0.3 is 5.70 Å². The second-order valence-corrected chi connectivity index (χ2v) is 10.6. The number of alkyl halides is 3. The summed E-state index contributed by atoms with van der Waals surface area (Å²) in [5.74, 6) is -1.03. The van der Waals surface area contributed by atoms with Gasteiger partial charge in [-0.15, -0.1) is 0 Å². The number of rotatable bonds is 3. The Morgan fingerprint density at radius 2 is 1.69 bits per heavy atom. The van der Waals surface area contributed by atoms with E-state index < -0.39 is 15.4 Å². The van der Waals surface area contributed by atoms with Crippen molar-refractivity contribution in [1.82, 2.24) is 5.09 Å². The smallest absolute Gasteiger partial charge is 0.285 e. The van der Waals surface area contributed by atoms with E-state index in [-0.39, 0.29) is 0 Å². The van der Waals surface area contributed by atoms with Gasteiger partial charge in [0.1, 0.15) is 0 Å². The second-order valence-electron chi connectivity index (χ2n) is 1.65. The Morgan fingerprint density at radius 1 is 1.31 bits per heavy atom. The SMILES string of the molecule is NSP(=O)(NC(=O)C(Cl)(Cl)Cl)SN. The predicted octanol–water partition coefficient (Wildman–Crippen LogP) is 1.79. The van der Waals surface area contributed by atoms with Crippen LogP contribution in [0.4, 0.5) is 0 Å². The molecule has 0 bridgehead atoms. The van der Waals surface area contributed by atoms with Gasteiger partial charge < -0.3 is 0 Å². The number of amides is 1. The van der Waals surface area contributed by atoms with Crippen molar-refractivity contribution in [2.75, 3.05) is 0 Å². The monoisotopic (exact) mass is 303 g/mol. The lowest BCUT2D eigenvalue weighted by Crippen LogP contribution is -2.31. The van der Waals surface area contributed by atoms with Gasteiger partial charge in [0.15, 0.2) is 0 Å². The first kappa shape index (κ1) is 14.2. The first-order valence-corrected chi connectivity index (χ1v) is 8.32. The largest absolute Gasteiger partial charge is 0.308 e. The molecule has 0 saturated heterocycles. The van der Waals surface area contributed by atoms with E-state index in [9.17, 15) is 9.36 Å². The van der Waals surface area contributed by atoms with Crippen molar-refractivity contribution in [3.8, 4) is 0 Å². The van der Waals surface area contributed by atoms with Crippen molar-refractivity contribution in [2.45, 2.75) is 3.79 Å². The fourth-order valence-electron chi connectivity index (χ4n) is 0.265. The lowest BCUT2D eigenvalue weighted by Gasteiger charge is -2.16. The van der Waals surface area contributed by atoms with Crippen LogP contribution in [0.25, 0.3) is 0 Å². The molecule has 0 aliphatic heterocycles. The van der Waals surface area contributed by atoms with E-state index >= 15 is 0 Å². The molecule has 1 amide bonds. The third-order valence-electron chi connectivity index (χ3n) is 0.773. The van der Waals surface area contributed by atoms with Crippen LogP contribution in [0.15, 0.2) is 0 Å². The van der Waals surface area contributed by atoms with E-state index in [1.54, 1.807) is 0 Å². The molecule has 11 heteroatoms. The molecule has 0 aromatic rings. The summed E-state index contributed by atoms with van der Waals surface area (Å²) >= 11 is 16.4. The van der Waals surface area contributed by atoms with Crippen molar-refractivity contribution < 1.29 is 9.36 Å². The zero-order valence-electron chi connectivity index (χ0n) is 5.87. The molecule has 0 spiro atoms. The maximum Gasteiger partial charge on any atom is 0.308 e. The molecule has 0 saturated carbocycles. The second kappa shape index (κ2) is 5.32. The molecule has 13 heavy (non-hydrogen) atoms. The van der Waals surface area contributed by atoms with Crippen molar-refractivity contribution in [1.29, 1.82) is 0 Å². The van der Waals surface area contributed by atoms with Crippen molar-refractivity contribution in [3.63, 3.8) is 0 Å². The summed E-state index contributed by atoms with van der Waals surface area (Å²) in [6, 6.07) is 0. The lowest BCUT2D eigenvalue weighted by atomic mass is 10.7. The molecule has 0 aliphatic rings. The molecule has 78 valence electrons. The highest BCUT2D eigenvalue weighted by Gasteiger charge is 2.36. The van der Waals surface area contributed by atoms with Gasteiger partial charge in [-0.1, -0.05) is 34.8 Å². The summed E-state index contributed by atoms with van der Waals surface area (Å²) in [4.78, 5) is 11.0. The van der Waals surface area contributed by atoms with Crippen molar-refractivity contribution in [2.24, 2.45) is 10.3 Å². The standard InChI is InChI=1S/C2H5Cl3N3O2PS2/c3-2(4,5)1(9)8-11(10,12-6)13-7/h6-7H2,(H,8,9,10). The third-order valence-corrected chi connectivity index (χ3v) is 6.08.